The first-order chi connectivity index (χ1) is 9.10. The van der Waals surface area contributed by atoms with Gasteiger partial charge < -0.3 is 5.32 Å². The molecule has 0 spiro atoms. The summed E-state index contributed by atoms with van der Waals surface area (Å²) in [6, 6.07) is 4.67. The van der Waals surface area contributed by atoms with Gasteiger partial charge in [-0.05, 0) is 24.2 Å². The van der Waals surface area contributed by atoms with Crippen molar-refractivity contribution in [2.45, 2.75) is 6.42 Å². The van der Waals surface area contributed by atoms with Crippen molar-refractivity contribution in [3.63, 3.8) is 0 Å². The summed E-state index contributed by atoms with van der Waals surface area (Å²) in [5.41, 5.74) is 0.372. The molecule has 6 heteroatoms. The summed E-state index contributed by atoms with van der Waals surface area (Å²) in [5, 5.41) is 2.76. The standard InChI is InChI=1S/C13H12ClFNO2P/c14-9-3-1-4-10(16-12(18)6-8-19)13(9)11(17)5-2-7-15/h1,3-4H,6-8,19H2,(H,16,18). The molecule has 1 aromatic rings. The summed E-state index contributed by atoms with van der Waals surface area (Å²) in [7, 11) is 2.44. The number of hydrogen-bond donors (Lipinski definition) is 1. The van der Waals surface area contributed by atoms with Gasteiger partial charge >= 0.3 is 0 Å². The van der Waals surface area contributed by atoms with Gasteiger partial charge in [0.15, 0.2) is 6.67 Å². The Bertz CT molecular complexity index is 551. The van der Waals surface area contributed by atoms with Gasteiger partial charge in [-0.1, -0.05) is 23.6 Å². The third kappa shape index (κ3) is 4.63. The molecule has 1 aromatic carbocycles. The highest BCUT2D eigenvalue weighted by atomic mass is 35.5. The van der Waals surface area contributed by atoms with Gasteiger partial charge in [0.05, 0.1) is 16.3 Å². The highest BCUT2D eigenvalue weighted by Gasteiger charge is 2.15. The quantitative estimate of drug-likeness (QED) is 0.402. The van der Waals surface area contributed by atoms with Crippen molar-refractivity contribution in [3.05, 3.63) is 28.8 Å². The maximum atomic E-state index is 11.9. The summed E-state index contributed by atoms with van der Waals surface area (Å²) in [4.78, 5) is 23.3. The SMILES string of the molecule is O=C(CCP)Nc1cccc(Cl)c1C(=O)C#CCF. The van der Waals surface area contributed by atoms with E-state index in [1.54, 1.807) is 12.1 Å². The maximum absolute atomic E-state index is 11.9. The van der Waals surface area contributed by atoms with Crippen LogP contribution in [-0.2, 0) is 4.79 Å². The van der Waals surface area contributed by atoms with Crippen LogP contribution in [0.2, 0.25) is 5.02 Å². The number of nitrogens with one attached hydrogen (secondary N) is 1. The molecule has 0 saturated carbocycles. The second kappa shape index (κ2) is 7.89. The fourth-order valence-corrected chi connectivity index (χ4v) is 1.90. The van der Waals surface area contributed by atoms with E-state index < -0.39 is 12.5 Å². The first-order valence-electron chi connectivity index (χ1n) is 5.47. The zero-order chi connectivity index (χ0) is 14.3. The number of hydrogen-bond acceptors (Lipinski definition) is 2. The predicted molar refractivity (Wildman–Crippen MR) is 77.4 cm³/mol. The number of anilines is 1. The minimum atomic E-state index is -0.912. The van der Waals surface area contributed by atoms with Crippen LogP contribution in [0.4, 0.5) is 10.1 Å². The molecule has 1 amide bonds. The molecule has 100 valence electrons. The number of amides is 1. The number of rotatable bonds is 4. The molecule has 1 atom stereocenters. The van der Waals surface area contributed by atoms with Crippen LogP contribution in [0.5, 0.6) is 0 Å². The number of ketones is 1. The second-order valence-corrected chi connectivity index (χ2v) is 4.50. The number of carbonyl (C=O) groups excluding carboxylic acids is 2. The van der Waals surface area contributed by atoms with E-state index in [4.69, 9.17) is 11.6 Å². The van der Waals surface area contributed by atoms with E-state index in [2.05, 4.69) is 20.5 Å². The molecule has 0 bridgehead atoms. The number of Topliss-reactive ketones (excluding diaryl/α,β-unsaturated/α-hetero) is 1. The van der Waals surface area contributed by atoms with Crippen LogP contribution < -0.4 is 5.32 Å². The molecule has 19 heavy (non-hydrogen) atoms. The molecule has 0 saturated heterocycles. The Hall–Kier alpha value is -1.43. The molecule has 3 nitrogen and oxygen atoms in total. The molecule has 0 fully saturated rings. The topological polar surface area (TPSA) is 46.2 Å². The Morgan fingerprint density at radius 3 is 2.79 bits per heavy atom. The van der Waals surface area contributed by atoms with Gasteiger partial charge in [0.25, 0.3) is 0 Å². The minimum absolute atomic E-state index is 0.0854. The fourth-order valence-electron chi connectivity index (χ4n) is 1.38. The van der Waals surface area contributed by atoms with Crippen LogP contribution >= 0.6 is 20.8 Å². The van der Waals surface area contributed by atoms with E-state index >= 15 is 0 Å². The molecule has 0 aromatic heterocycles. The van der Waals surface area contributed by atoms with E-state index in [9.17, 15) is 14.0 Å². The molecular weight excluding hydrogens is 288 g/mol. The summed E-state index contributed by atoms with van der Waals surface area (Å²) < 4.78 is 11.9. The Morgan fingerprint density at radius 1 is 1.42 bits per heavy atom. The molecule has 1 N–H and O–H groups in total. The summed E-state index contributed by atoms with van der Waals surface area (Å²) in [6.07, 6.45) is 0.915. The largest absolute Gasteiger partial charge is 0.325 e. The van der Waals surface area contributed by atoms with Gasteiger partial charge in [0.2, 0.25) is 11.7 Å². The van der Waals surface area contributed by atoms with Gasteiger partial charge in [-0.25, -0.2) is 4.39 Å². The lowest BCUT2D eigenvalue weighted by atomic mass is 10.1. The van der Waals surface area contributed by atoms with Crippen molar-refractivity contribution in [3.8, 4) is 11.8 Å². The van der Waals surface area contributed by atoms with Crippen molar-refractivity contribution in [1.29, 1.82) is 0 Å². The lowest BCUT2D eigenvalue weighted by Crippen LogP contribution is -2.14. The highest BCUT2D eigenvalue weighted by Crippen LogP contribution is 2.25. The van der Waals surface area contributed by atoms with Gasteiger partial charge in [0.1, 0.15) is 0 Å². The lowest BCUT2D eigenvalue weighted by molar-refractivity contribution is -0.115. The Labute approximate surface area is 118 Å². The average Bonchev–Trinajstić information content (AvgIpc) is 2.36. The predicted octanol–water partition coefficient (Wildman–Crippen LogP) is 2.70. The highest BCUT2D eigenvalue weighted by molar-refractivity contribution is 7.16. The number of halogens is 2. The minimum Gasteiger partial charge on any atom is -0.325 e. The van der Waals surface area contributed by atoms with Crippen LogP contribution in [0.25, 0.3) is 0 Å². The molecule has 1 rings (SSSR count). The molecule has 0 aliphatic heterocycles. The Balaban J connectivity index is 3.08. The Kier molecular flexibility index (Phi) is 6.49. The van der Waals surface area contributed by atoms with Gasteiger partial charge in [0, 0.05) is 6.42 Å². The summed E-state index contributed by atoms with van der Waals surface area (Å²) in [5.74, 6) is 3.32. The van der Waals surface area contributed by atoms with E-state index in [1.165, 1.54) is 6.07 Å². The van der Waals surface area contributed by atoms with Gasteiger partial charge in [-0.2, -0.15) is 0 Å². The monoisotopic (exact) mass is 299 g/mol. The summed E-state index contributed by atoms with van der Waals surface area (Å²) >= 11 is 5.93. The molecular formula is C13H12ClFNO2P. The molecule has 0 aliphatic rings. The van der Waals surface area contributed by atoms with Crippen LogP contribution in [0.3, 0.4) is 0 Å². The fraction of sp³-hybridized carbons (Fsp3) is 0.231. The van der Waals surface area contributed by atoms with E-state index in [0.29, 0.717) is 12.6 Å². The third-order valence-electron chi connectivity index (χ3n) is 2.15. The summed E-state index contributed by atoms with van der Waals surface area (Å²) in [6.45, 7) is -0.912. The molecule has 0 aliphatic carbocycles. The van der Waals surface area contributed by atoms with Crippen molar-refractivity contribution in [2.75, 3.05) is 18.2 Å². The average molecular weight is 300 g/mol. The number of carbonyl (C=O) groups is 2. The lowest BCUT2D eigenvalue weighted by Gasteiger charge is -2.09. The van der Waals surface area contributed by atoms with Crippen LogP contribution in [0.15, 0.2) is 18.2 Å². The van der Waals surface area contributed by atoms with Crippen LogP contribution in [0, 0.1) is 11.8 Å². The zero-order valence-corrected chi connectivity index (χ0v) is 11.9. The normalized spacial score (nSPS) is 9.42. The van der Waals surface area contributed by atoms with Crippen molar-refractivity contribution < 1.29 is 14.0 Å². The second-order valence-electron chi connectivity index (χ2n) is 3.51. The van der Waals surface area contributed by atoms with Crippen molar-refractivity contribution in [2.24, 2.45) is 0 Å². The van der Waals surface area contributed by atoms with Crippen LogP contribution in [-0.4, -0.2) is 24.5 Å². The van der Waals surface area contributed by atoms with E-state index in [-0.39, 0.29) is 22.2 Å². The zero-order valence-electron chi connectivity index (χ0n) is 10.0. The maximum Gasteiger partial charge on any atom is 0.239 e. The van der Waals surface area contributed by atoms with Crippen LogP contribution in [0.1, 0.15) is 16.8 Å². The first kappa shape index (κ1) is 15.6. The first-order valence-corrected chi connectivity index (χ1v) is 6.67. The molecule has 0 radical (unpaired) electrons. The van der Waals surface area contributed by atoms with Gasteiger partial charge in [-0.3, -0.25) is 9.59 Å². The van der Waals surface area contributed by atoms with Crippen molar-refractivity contribution in [1.82, 2.24) is 0 Å². The van der Waals surface area contributed by atoms with E-state index in [1.807, 2.05) is 5.92 Å². The number of alkyl halides is 1. The third-order valence-corrected chi connectivity index (χ3v) is 2.76. The smallest absolute Gasteiger partial charge is 0.239 e. The van der Waals surface area contributed by atoms with Gasteiger partial charge in [-0.15, -0.1) is 9.24 Å². The Morgan fingerprint density at radius 2 is 2.16 bits per heavy atom. The number of benzene rings is 1. The van der Waals surface area contributed by atoms with E-state index in [0.717, 1.165) is 0 Å². The molecule has 1 unspecified atom stereocenters. The molecule has 0 heterocycles. The van der Waals surface area contributed by atoms with Crippen molar-refractivity contribution >= 4 is 38.2 Å².